The van der Waals surface area contributed by atoms with E-state index in [9.17, 15) is 4.79 Å². The summed E-state index contributed by atoms with van der Waals surface area (Å²) in [5.41, 5.74) is 0. The summed E-state index contributed by atoms with van der Waals surface area (Å²) in [5, 5.41) is 0. The van der Waals surface area contributed by atoms with Gasteiger partial charge in [-0.2, -0.15) is 0 Å². The minimum Gasteiger partial charge on any atom is -0.303 e. The molecule has 0 saturated heterocycles. The van der Waals surface area contributed by atoms with Crippen molar-refractivity contribution in [2.24, 2.45) is 5.92 Å². The van der Waals surface area contributed by atoms with Crippen LogP contribution in [0.5, 0.6) is 0 Å². The monoisotopic (exact) mass is 142 g/mol. The van der Waals surface area contributed by atoms with Crippen LogP contribution in [0, 0.1) is 5.92 Å². The molecule has 1 atom stereocenters. The molecule has 0 N–H and O–H groups in total. The van der Waals surface area contributed by atoms with E-state index in [0.717, 1.165) is 19.1 Å². The second-order valence-corrected chi connectivity index (χ2v) is 2.82. The quantitative estimate of drug-likeness (QED) is 0.521. The third-order valence-corrected chi connectivity index (χ3v) is 1.97. The third kappa shape index (κ3) is 4.54. The first kappa shape index (κ1) is 9.67. The molecule has 1 heteroatoms. The van der Waals surface area contributed by atoms with Crippen molar-refractivity contribution in [1.29, 1.82) is 0 Å². The van der Waals surface area contributed by atoms with Gasteiger partial charge in [0, 0.05) is 6.42 Å². The van der Waals surface area contributed by atoms with Crippen molar-refractivity contribution >= 4 is 6.29 Å². The summed E-state index contributed by atoms with van der Waals surface area (Å²) >= 11 is 0. The minimum atomic E-state index is 0.650. The molecule has 0 spiro atoms. The summed E-state index contributed by atoms with van der Waals surface area (Å²) in [6, 6.07) is 0. The van der Waals surface area contributed by atoms with E-state index in [-0.39, 0.29) is 0 Å². The van der Waals surface area contributed by atoms with Crippen molar-refractivity contribution in [3.63, 3.8) is 0 Å². The highest BCUT2D eigenvalue weighted by Crippen LogP contribution is 2.14. The van der Waals surface area contributed by atoms with Gasteiger partial charge in [-0.15, -0.1) is 0 Å². The fraction of sp³-hybridized carbons (Fsp3) is 0.889. The molecule has 1 nitrogen and oxygen atoms in total. The Morgan fingerprint density at radius 2 is 2.10 bits per heavy atom. The number of rotatable bonds is 6. The average molecular weight is 142 g/mol. The Bertz CT molecular complexity index is 78.8. The number of carbonyl (C=O) groups excluding carboxylic acids is 1. The molecule has 0 aliphatic carbocycles. The number of unbranched alkanes of at least 4 members (excludes halogenated alkanes) is 1. The summed E-state index contributed by atoms with van der Waals surface area (Å²) in [4.78, 5) is 10.1. The predicted octanol–water partition coefficient (Wildman–Crippen LogP) is 2.79. The number of hydrogen-bond donors (Lipinski definition) is 0. The average Bonchev–Trinajstić information content (AvgIpc) is 1.98. The van der Waals surface area contributed by atoms with Crippen LogP contribution >= 0.6 is 0 Å². The summed E-state index contributed by atoms with van der Waals surface area (Å²) in [6.45, 7) is 4.34. The first-order chi connectivity index (χ1) is 4.85. The van der Waals surface area contributed by atoms with Gasteiger partial charge >= 0.3 is 0 Å². The molecule has 0 radical (unpaired) electrons. The molecule has 1 unspecified atom stereocenters. The molecular formula is C9H18O. The van der Waals surface area contributed by atoms with Crippen molar-refractivity contribution in [3.8, 4) is 0 Å². The zero-order valence-corrected chi connectivity index (χ0v) is 7.10. The van der Waals surface area contributed by atoms with E-state index in [2.05, 4.69) is 13.8 Å². The normalized spacial score (nSPS) is 13.0. The lowest BCUT2D eigenvalue weighted by atomic mass is 9.97. The Kier molecular flexibility index (Phi) is 6.56. The summed E-state index contributed by atoms with van der Waals surface area (Å²) in [6.07, 6.45) is 6.70. The molecule has 0 aliphatic heterocycles. The van der Waals surface area contributed by atoms with Gasteiger partial charge in [-0.05, 0) is 5.92 Å². The van der Waals surface area contributed by atoms with Gasteiger partial charge in [0.1, 0.15) is 6.29 Å². The van der Waals surface area contributed by atoms with Crippen molar-refractivity contribution in [3.05, 3.63) is 0 Å². The zero-order valence-electron chi connectivity index (χ0n) is 7.10. The largest absolute Gasteiger partial charge is 0.303 e. The van der Waals surface area contributed by atoms with E-state index >= 15 is 0 Å². The van der Waals surface area contributed by atoms with E-state index in [1.807, 2.05) is 0 Å². The summed E-state index contributed by atoms with van der Waals surface area (Å²) < 4.78 is 0. The van der Waals surface area contributed by atoms with Crippen molar-refractivity contribution in [2.45, 2.75) is 46.0 Å². The van der Waals surface area contributed by atoms with Crippen LogP contribution in [0.4, 0.5) is 0 Å². The lowest BCUT2D eigenvalue weighted by Crippen LogP contribution is -1.98. The lowest BCUT2D eigenvalue weighted by Gasteiger charge is -2.08. The molecule has 0 aromatic carbocycles. The smallest absolute Gasteiger partial charge is 0.120 e. The van der Waals surface area contributed by atoms with Gasteiger partial charge in [-0.1, -0.05) is 39.5 Å². The van der Waals surface area contributed by atoms with E-state index in [0.29, 0.717) is 5.92 Å². The summed E-state index contributed by atoms with van der Waals surface area (Å²) in [7, 11) is 0. The lowest BCUT2D eigenvalue weighted by molar-refractivity contribution is -0.108. The summed E-state index contributed by atoms with van der Waals surface area (Å²) in [5.74, 6) is 0.650. The number of hydrogen-bond acceptors (Lipinski definition) is 1. The molecule has 0 bridgehead atoms. The van der Waals surface area contributed by atoms with Crippen LogP contribution in [-0.4, -0.2) is 6.29 Å². The highest BCUT2D eigenvalue weighted by atomic mass is 16.1. The zero-order chi connectivity index (χ0) is 7.82. The van der Waals surface area contributed by atoms with Crippen LogP contribution in [0.2, 0.25) is 0 Å². The molecule has 0 aliphatic rings. The van der Waals surface area contributed by atoms with Gasteiger partial charge in [0.05, 0.1) is 0 Å². The molecular weight excluding hydrogens is 124 g/mol. The first-order valence-electron chi connectivity index (χ1n) is 4.28. The molecule has 0 saturated carbocycles. The van der Waals surface area contributed by atoms with E-state index < -0.39 is 0 Å². The molecule has 0 fully saturated rings. The van der Waals surface area contributed by atoms with Gasteiger partial charge in [-0.25, -0.2) is 0 Å². The number of carbonyl (C=O) groups is 1. The van der Waals surface area contributed by atoms with E-state index in [1.165, 1.54) is 19.3 Å². The maximum absolute atomic E-state index is 10.1. The second-order valence-electron chi connectivity index (χ2n) is 2.82. The Morgan fingerprint density at radius 3 is 2.50 bits per heavy atom. The second kappa shape index (κ2) is 6.79. The van der Waals surface area contributed by atoms with Gasteiger partial charge in [-0.3, -0.25) is 0 Å². The predicted molar refractivity (Wildman–Crippen MR) is 44.0 cm³/mol. The SMILES string of the molecule is CCCCC(CC)CC=O. The Hall–Kier alpha value is -0.330. The van der Waals surface area contributed by atoms with E-state index in [4.69, 9.17) is 0 Å². The van der Waals surface area contributed by atoms with Crippen LogP contribution in [0.25, 0.3) is 0 Å². The fourth-order valence-electron chi connectivity index (χ4n) is 1.12. The highest BCUT2D eigenvalue weighted by Gasteiger charge is 2.03. The van der Waals surface area contributed by atoms with Crippen molar-refractivity contribution < 1.29 is 4.79 Å². The minimum absolute atomic E-state index is 0.650. The standard InChI is InChI=1S/C9H18O/c1-3-5-6-9(4-2)7-8-10/h8-9H,3-7H2,1-2H3. The van der Waals surface area contributed by atoms with E-state index in [1.54, 1.807) is 0 Å². The Balaban J connectivity index is 3.29. The molecule has 60 valence electrons. The third-order valence-electron chi connectivity index (χ3n) is 1.97. The van der Waals surface area contributed by atoms with Crippen molar-refractivity contribution in [2.75, 3.05) is 0 Å². The van der Waals surface area contributed by atoms with Crippen LogP contribution < -0.4 is 0 Å². The Morgan fingerprint density at radius 1 is 1.40 bits per heavy atom. The maximum atomic E-state index is 10.1. The molecule has 0 heterocycles. The van der Waals surface area contributed by atoms with Gasteiger partial charge in [0.2, 0.25) is 0 Å². The fourth-order valence-corrected chi connectivity index (χ4v) is 1.12. The molecule has 10 heavy (non-hydrogen) atoms. The van der Waals surface area contributed by atoms with Gasteiger partial charge in [0.25, 0.3) is 0 Å². The molecule has 0 aromatic rings. The van der Waals surface area contributed by atoms with Crippen LogP contribution in [0.15, 0.2) is 0 Å². The first-order valence-corrected chi connectivity index (χ1v) is 4.28. The molecule has 0 aromatic heterocycles. The van der Waals surface area contributed by atoms with Gasteiger partial charge in [0.15, 0.2) is 0 Å². The maximum Gasteiger partial charge on any atom is 0.120 e. The highest BCUT2D eigenvalue weighted by molar-refractivity contribution is 5.49. The topological polar surface area (TPSA) is 17.1 Å². The van der Waals surface area contributed by atoms with Crippen molar-refractivity contribution in [1.82, 2.24) is 0 Å². The Labute approximate surface area is 63.8 Å². The van der Waals surface area contributed by atoms with Crippen LogP contribution in [0.3, 0.4) is 0 Å². The molecule has 0 amide bonds. The van der Waals surface area contributed by atoms with Crippen LogP contribution in [0.1, 0.15) is 46.0 Å². The number of aldehydes is 1. The van der Waals surface area contributed by atoms with Crippen LogP contribution in [-0.2, 0) is 4.79 Å². The van der Waals surface area contributed by atoms with Gasteiger partial charge < -0.3 is 4.79 Å². The molecule has 0 rings (SSSR count).